The molecule has 0 aliphatic rings. The number of hydrogen-bond donors (Lipinski definition) is 0. The Morgan fingerprint density at radius 1 is 1.00 bits per heavy atom. The number of ketones is 1. The number of esters is 2. The van der Waals surface area contributed by atoms with Gasteiger partial charge in [0.05, 0.1) is 18.6 Å². The van der Waals surface area contributed by atoms with E-state index < -0.39 is 23.1 Å². The molecule has 0 aliphatic heterocycles. The molecule has 0 fully saturated rings. The van der Waals surface area contributed by atoms with E-state index in [2.05, 4.69) is 4.74 Å². The highest BCUT2D eigenvalue weighted by Crippen LogP contribution is 2.22. The van der Waals surface area contributed by atoms with Gasteiger partial charge < -0.3 is 9.47 Å². The minimum Gasteiger partial charge on any atom is -0.466 e. The van der Waals surface area contributed by atoms with Crippen molar-refractivity contribution in [3.8, 4) is 0 Å². The van der Waals surface area contributed by atoms with Crippen LogP contribution in [0.1, 0.15) is 34.1 Å². The predicted octanol–water partition coefficient (Wildman–Crippen LogP) is 1.10. The van der Waals surface area contributed by atoms with Gasteiger partial charge in [-0.2, -0.15) is 0 Å². The lowest BCUT2D eigenvalue weighted by atomic mass is 9.87. The van der Waals surface area contributed by atoms with Crippen molar-refractivity contribution in [3.05, 3.63) is 0 Å². The monoisotopic (exact) mass is 230 g/mol. The summed E-state index contributed by atoms with van der Waals surface area (Å²) in [6, 6.07) is 0. The van der Waals surface area contributed by atoms with Crippen LogP contribution in [0.2, 0.25) is 0 Å². The SMILES string of the molecule is CCOC(=O)C(=O)CC(C)(C)C(=O)OCC. The van der Waals surface area contributed by atoms with Gasteiger partial charge in [0.25, 0.3) is 0 Å². The van der Waals surface area contributed by atoms with Gasteiger partial charge in [-0.15, -0.1) is 0 Å². The fourth-order valence-corrected chi connectivity index (χ4v) is 1.08. The Morgan fingerprint density at radius 3 is 1.94 bits per heavy atom. The molecule has 92 valence electrons. The third-order valence-electron chi connectivity index (χ3n) is 1.93. The molecule has 0 unspecified atom stereocenters. The second-order valence-electron chi connectivity index (χ2n) is 3.92. The average molecular weight is 230 g/mol. The summed E-state index contributed by atoms with van der Waals surface area (Å²) in [7, 11) is 0. The zero-order valence-electron chi connectivity index (χ0n) is 10.2. The standard InChI is InChI=1S/C11H18O5/c1-5-15-9(13)8(12)7-11(3,4)10(14)16-6-2/h5-7H2,1-4H3. The highest BCUT2D eigenvalue weighted by Gasteiger charge is 2.34. The molecule has 0 saturated carbocycles. The zero-order valence-corrected chi connectivity index (χ0v) is 10.2. The van der Waals surface area contributed by atoms with E-state index in [9.17, 15) is 14.4 Å². The minimum atomic E-state index is -1.00. The summed E-state index contributed by atoms with van der Waals surface area (Å²) in [6.45, 7) is 6.80. The van der Waals surface area contributed by atoms with Crippen LogP contribution < -0.4 is 0 Å². The molecule has 0 aromatic heterocycles. The van der Waals surface area contributed by atoms with Gasteiger partial charge in [0.1, 0.15) is 0 Å². The van der Waals surface area contributed by atoms with Crippen molar-refractivity contribution in [2.24, 2.45) is 5.41 Å². The normalized spacial score (nSPS) is 10.8. The molecule has 0 spiro atoms. The van der Waals surface area contributed by atoms with Crippen LogP contribution in [0.5, 0.6) is 0 Å². The first-order chi connectivity index (χ1) is 7.35. The Balaban J connectivity index is 4.41. The van der Waals surface area contributed by atoms with Gasteiger partial charge in [-0.1, -0.05) is 0 Å². The van der Waals surface area contributed by atoms with Crippen LogP contribution in [0.3, 0.4) is 0 Å². The maximum Gasteiger partial charge on any atom is 0.374 e. The first-order valence-corrected chi connectivity index (χ1v) is 5.22. The minimum absolute atomic E-state index is 0.143. The summed E-state index contributed by atoms with van der Waals surface area (Å²) in [5.74, 6) is -2.10. The molecule has 0 heterocycles. The van der Waals surface area contributed by atoms with Crippen LogP contribution >= 0.6 is 0 Å². The molecule has 16 heavy (non-hydrogen) atoms. The number of ether oxygens (including phenoxy) is 2. The van der Waals surface area contributed by atoms with E-state index in [4.69, 9.17) is 4.74 Å². The largest absolute Gasteiger partial charge is 0.466 e. The van der Waals surface area contributed by atoms with Crippen LogP contribution in [-0.2, 0) is 23.9 Å². The molecular weight excluding hydrogens is 212 g/mol. The third kappa shape index (κ3) is 4.42. The van der Waals surface area contributed by atoms with E-state index in [-0.39, 0.29) is 19.6 Å². The smallest absolute Gasteiger partial charge is 0.374 e. The summed E-state index contributed by atoms with van der Waals surface area (Å²) >= 11 is 0. The van der Waals surface area contributed by atoms with Gasteiger partial charge in [-0.3, -0.25) is 9.59 Å². The van der Waals surface area contributed by atoms with Crippen molar-refractivity contribution < 1.29 is 23.9 Å². The number of Topliss-reactive ketones (excluding diaryl/α,β-unsaturated/α-hetero) is 1. The van der Waals surface area contributed by atoms with Gasteiger partial charge in [0.2, 0.25) is 5.78 Å². The zero-order chi connectivity index (χ0) is 12.8. The Labute approximate surface area is 95.1 Å². The predicted molar refractivity (Wildman–Crippen MR) is 56.7 cm³/mol. The van der Waals surface area contributed by atoms with Crippen LogP contribution in [0.4, 0.5) is 0 Å². The highest BCUT2D eigenvalue weighted by molar-refractivity contribution is 6.34. The molecule has 5 heteroatoms. The molecule has 0 bridgehead atoms. The van der Waals surface area contributed by atoms with E-state index in [1.54, 1.807) is 27.7 Å². The van der Waals surface area contributed by atoms with Crippen molar-refractivity contribution >= 4 is 17.7 Å². The van der Waals surface area contributed by atoms with Gasteiger partial charge in [0, 0.05) is 6.42 Å². The quantitative estimate of drug-likeness (QED) is 0.504. The second kappa shape index (κ2) is 6.25. The Bertz CT molecular complexity index is 280. The lowest BCUT2D eigenvalue weighted by molar-refractivity contribution is -0.159. The molecule has 0 radical (unpaired) electrons. The van der Waals surface area contributed by atoms with Crippen LogP contribution in [0.15, 0.2) is 0 Å². The van der Waals surface area contributed by atoms with E-state index in [0.29, 0.717) is 0 Å². The highest BCUT2D eigenvalue weighted by atomic mass is 16.5. The second-order valence-corrected chi connectivity index (χ2v) is 3.92. The molecule has 0 aromatic carbocycles. The fourth-order valence-electron chi connectivity index (χ4n) is 1.08. The van der Waals surface area contributed by atoms with Crippen molar-refractivity contribution in [2.45, 2.75) is 34.1 Å². The molecule has 0 aromatic rings. The van der Waals surface area contributed by atoms with Crippen LogP contribution in [0, 0.1) is 5.41 Å². The number of carbonyl (C=O) groups excluding carboxylic acids is 3. The van der Waals surface area contributed by atoms with Crippen molar-refractivity contribution in [1.29, 1.82) is 0 Å². The van der Waals surface area contributed by atoms with Crippen molar-refractivity contribution in [1.82, 2.24) is 0 Å². The summed E-state index contributed by atoms with van der Waals surface area (Å²) in [5.41, 5.74) is -1.00. The van der Waals surface area contributed by atoms with Crippen LogP contribution in [-0.4, -0.2) is 30.9 Å². The first-order valence-electron chi connectivity index (χ1n) is 5.22. The summed E-state index contributed by atoms with van der Waals surface area (Å²) in [5, 5.41) is 0. The van der Waals surface area contributed by atoms with Gasteiger partial charge in [0.15, 0.2) is 0 Å². The summed E-state index contributed by atoms with van der Waals surface area (Å²) in [6.07, 6.45) is -0.204. The average Bonchev–Trinajstić information content (AvgIpc) is 2.17. The lowest BCUT2D eigenvalue weighted by Gasteiger charge is -2.20. The molecule has 0 rings (SSSR count). The van der Waals surface area contributed by atoms with Gasteiger partial charge in [-0.05, 0) is 27.7 Å². The van der Waals surface area contributed by atoms with E-state index in [1.807, 2.05) is 0 Å². The molecule has 0 saturated heterocycles. The molecule has 0 N–H and O–H groups in total. The molecule has 0 atom stereocenters. The van der Waals surface area contributed by atoms with Gasteiger partial charge >= 0.3 is 11.9 Å². The number of carbonyl (C=O) groups is 3. The number of hydrogen-bond acceptors (Lipinski definition) is 5. The maximum absolute atomic E-state index is 11.5. The van der Waals surface area contributed by atoms with E-state index in [1.165, 1.54) is 0 Å². The first kappa shape index (κ1) is 14.6. The number of rotatable bonds is 6. The Kier molecular flexibility index (Phi) is 5.71. The van der Waals surface area contributed by atoms with Gasteiger partial charge in [-0.25, -0.2) is 4.79 Å². The van der Waals surface area contributed by atoms with Crippen molar-refractivity contribution in [2.75, 3.05) is 13.2 Å². The topological polar surface area (TPSA) is 69.7 Å². The molecule has 0 amide bonds. The van der Waals surface area contributed by atoms with Crippen LogP contribution in [0.25, 0.3) is 0 Å². The van der Waals surface area contributed by atoms with E-state index >= 15 is 0 Å². The Hall–Kier alpha value is -1.39. The van der Waals surface area contributed by atoms with Crippen molar-refractivity contribution in [3.63, 3.8) is 0 Å². The Morgan fingerprint density at radius 2 is 1.50 bits per heavy atom. The molecular formula is C11H18O5. The lowest BCUT2D eigenvalue weighted by Crippen LogP contribution is -2.32. The third-order valence-corrected chi connectivity index (χ3v) is 1.93. The summed E-state index contributed by atoms with van der Waals surface area (Å²) in [4.78, 5) is 33.9. The maximum atomic E-state index is 11.5. The molecule has 0 aliphatic carbocycles. The summed E-state index contributed by atoms with van der Waals surface area (Å²) < 4.78 is 9.35. The van der Waals surface area contributed by atoms with E-state index in [0.717, 1.165) is 0 Å². The molecule has 5 nitrogen and oxygen atoms in total. The fraction of sp³-hybridized carbons (Fsp3) is 0.727.